The Kier molecular flexibility index (Phi) is 5.74. The number of rotatable bonds is 7. The van der Waals surface area contributed by atoms with Gasteiger partial charge in [0.2, 0.25) is 0 Å². The summed E-state index contributed by atoms with van der Waals surface area (Å²) >= 11 is 0. The fourth-order valence-corrected chi connectivity index (χ4v) is 2.83. The van der Waals surface area contributed by atoms with Gasteiger partial charge in [-0.05, 0) is 49.2 Å². The summed E-state index contributed by atoms with van der Waals surface area (Å²) in [6.45, 7) is 2.63. The number of aromatic nitrogens is 2. The molecule has 3 rings (SSSR count). The maximum Gasteiger partial charge on any atom is 0.335 e. The molecule has 0 saturated heterocycles. The Hall–Kier alpha value is -3.61. The lowest BCUT2D eigenvalue weighted by Gasteiger charge is -2.23. The van der Waals surface area contributed by atoms with Gasteiger partial charge in [-0.15, -0.1) is 0 Å². The lowest BCUT2D eigenvalue weighted by molar-refractivity contribution is 0.0696. The van der Waals surface area contributed by atoms with Crippen molar-refractivity contribution in [1.29, 1.82) is 0 Å². The van der Waals surface area contributed by atoms with Gasteiger partial charge in [-0.25, -0.2) is 4.79 Å². The Balaban J connectivity index is 1.83. The van der Waals surface area contributed by atoms with Gasteiger partial charge in [-0.2, -0.15) is 5.10 Å². The summed E-state index contributed by atoms with van der Waals surface area (Å²) in [5.74, 6) is -1.33. The number of anilines is 2. The number of nitrogens with zero attached hydrogens (tertiary/aromatic N) is 2. The molecule has 0 fully saturated rings. The van der Waals surface area contributed by atoms with E-state index in [1.54, 1.807) is 24.4 Å². The third kappa shape index (κ3) is 4.56. The van der Waals surface area contributed by atoms with Gasteiger partial charge in [0, 0.05) is 25.4 Å². The predicted octanol–water partition coefficient (Wildman–Crippen LogP) is 3.35. The van der Waals surface area contributed by atoms with Crippen LogP contribution in [0.3, 0.4) is 0 Å². The highest BCUT2D eigenvalue weighted by atomic mass is 16.4. The number of likely N-dealkylation sites (N-methyl/N-ethyl adjacent to an activating group) is 1. The van der Waals surface area contributed by atoms with Gasteiger partial charge in [0.05, 0.1) is 23.1 Å². The monoisotopic (exact) mass is 378 g/mol. The number of hydrogen-bond acceptors (Lipinski definition) is 4. The second-order valence-corrected chi connectivity index (χ2v) is 6.64. The summed E-state index contributed by atoms with van der Waals surface area (Å²) in [6, 6.07) is 11.9. The second-order valence-electron chi connectivity index (χ2n) is 6.64. The lowest BCUT2D eigenvalue weighted by atomic mass is 10.1. The van der Waals surface area contributed by atoms with Gasteiger partial charge in [0.15, 0.2) is 0 Å². The van der Waals surface area contributed by atoms with Crippen molar-refractivity contribution in [2.24, 2.45) is 0 Å². The quantitative estimate of drug-likeness (QED) is 0.586. The van der Waals surface area contributed by atoms with Gasteiger partial charge >= 0.3 is 5.97 Å². The molecule has 0 atom stereocenters. The van der Waals surface area contributed by atoms with Crippen molar-refractivity contribution >= 4 is 23.3 Å². The molecule has 144 valence electrons. The topological polar surface area (TPSA) is 98.3 Å². The van der Waals surface area contributed by atoms with Crippen molar-refractivity contribution in [3.8, 4) is 0 Å². The van der Waals surface area contributed by atoms with Crippen LogP contribution in [-0.2, 0) is 6.42 Å². The molecule has 1 amide bonds. The van der Waals surface area contributed by atoms with Crippen molar-refractivity contribution in [3.63, 3.8) is 0 Å². The van der Waals surface area contributed by atoms with E-state index in [0.717, 1.165) is 23.2 Å². The van der Waals surface area contributed by atoms with E-state index < -0.39 is 5.97 Å². The molecule has 0 aliphatic carbocycles. The zero-order valence-corrected chi connectivity index (χ0v) is 15.8. The first kappa shape index (κ1) is 19.2. The highest BCUT2D eigenvalue weighted by Gasteiger charge is 2.15. The number of aromatic carboxylic acids is 1. The number of benzene rings is 2. The SMILES string of the molecule is Cc1ccc(C(=O)Nc2cc(C(=O)O)ccc2N(C)CCc2cn[nH]c2)cc1. The molecule has 3 N–H and O–H groups in total. The summed E-state index contributed by atoms with van der Waals surface area (Å²) in [4.78, 5) is 26.0. The second kappa shape index (κ2) is 8.39. The van der Waals surface area contributed by atoms with Gasteiger partial charge in [-0.1, -0.05) is 17.7 Å². The number of nitrogens with one attached hydrogen (secondary N) is 2. The van der Waals surface area contributed by atoms with Crippen LogP contribution in [0.4, 0.5) is 11.4 Å². The molecule has 0 radical (unpaired) electrons. The Morgan fingerprint density at radius 2 is 1.86 bits per heavy atom. The van der Waals surface area contributed by atoms with Crippen molar-refractivity contribution in [2.75, 3.05) is 23.8 Å². The van der Waals surface area contributed by atoms with Crippen LogP contribution in [0, 0.1) is 6.92 Å². The maximum atomic E-state index is 12.6. The molecular weight excluding hydrogens is 356 g/mol. The number of amides is 1. The van der Waals surface area contributed by atoms with E-state index in [4.69, 9.17) is 0 Å². The minimum Gasteiger partial charge on any atom is -0.478 e. The predicted molar refractivity (Wildman–Crippen MR) is 108 cm³/mol. The van der Waals surface area contributed by atoms with Crippen LogP contribution in [0.5, 0.6) is 0 Å². The Labute approximate surface area is 163 Å². The first-order chi connectivity index (χ1) is 13.4. The lowest BCUT2D eigenvalue weighted by Crippen LogP contribution is -2.23. The van der Waals surface area contributed by atoms with E-state index in [9.17, 15) is 14.7 Å². The highest BCUT2D eigenvalue weighted by Crippen LogP contribution is 2.27. The van der Waals surface area contributed by atoms with Crippen molar-refractivity contribution in [3.05, 3.63) is 77.1 Å². The molecule has 0 aliphatic heterocycles. The Morgan fingerprint density at radius 1 is 1.14 bits per heavy atom. The molecule has 0 bridgehead atoms. The number of carboxylic acid groups (broad SMARTS) is 1. The van der Waals surface area contributed by atoms with E-state index in [-0.39, 0.29) is 11.5 Å². The molecule has 2 aromatic carbocycles. The maximum absolute atomic E-state index is 12.6. The molecule has 0 spiro atoms. The van der Waals surface area contributed by atoms with Crippen LogP contribution >= 0.6 is 0 Å². The molecule has 3 aromatic rings. The molecule has 0 unspecified atom stereocenters. The van der Waals surface area contributed by atoms with Gasteiger partial charge in [0.25, 0.3) is 5.91 Å². The zero-order chi connectivity index (χ0) is 20.1. The molecule has 1 heterocycles. The van der Waals surface area contributed by atoms with E-state index in [1.165, 1.54) is 12.1 Å². The van der Waals surface area contributed by atoms with Crippen LogP contribution in [0.2, 0.25) is 0 Å². The minimum atomic E-state index is -1.04. The molecule has 28 heavy (non-hydrogen) atoms. The third-order valence-corrected chi connectivity index (χ3v) is 4.51. The van der Waals surface area contributed by atoms with Crippen molar-refractivity contribution in [2.45, 2.75) is 13.3 Å². The van der Waals surface area contributed by atoms with Crippen molar-refractivity contribution in [1.82, 2.24) is 10.2 Å². The minimum absolute atomic E-state index is 0.117. The first-order valence-corrected chi connectivity index (χ1v) is 8.88. The number of aryl methyl sites for hydroxylation is 1. The number of carbonyl (C=O) groups excluding carboxylic acids is 1. The number of carboxylic acids is 1. The van der Waals surface area contributed by atoms with Gasteiger partial charge in [-0.3, -0.25) is 9.89 Å². The molecule has 7 nitrogen and oxygen atoms in total. The summed E-state index contributed by atoms with van der Waals surface area (Å²) in [5, 5.41) is 18.9. The number of aromatic amines is 1. The number of carbonyl (C=O) groups is 2. The fraction of sp³-hybridized carbons (Fsp3) is 0.190. The van der Waals surface area contributed by atoms with Crippen LogP contribution in [0.25, 0.3) is 0 Å². The zero-order valence-electron chi connectivity index (χ0n) is 15.8. The van der Waals surface area contributed by atoms with E-state index in [1.807, 2.05) is 37.2 Å². The van der Waals surface area contributed by atoms with Crippen LogP contribution < -0.4 is 10.2 Å². The van der Waals surface area contributed by atoms with Crippen LogP contribution in [0.15, 0.2) is 54.9 Å². The molecule has 1 aromatic heterocycles. The number of H-pyrrole nitrogens is 1. The summed E-state index contributed by atoms with van der Waals surface area (Å²) in [6.07, 6.45) is 4.36. The average molecular weight is 378 g/mol. The summed E-state index contributed by atoms with van der Waals surface area (Å²) in [5.41, 5.74) is 3.96. The molecule has 7 heteroatoms. The fourth-order valence-electron chi connectivity index (χ4n) is 2.83. The standard InChI is InChI=1S/C21H22N4O3/c1-14-3-5-16(6-4-14)20(26)24-18-11-17(21(27)28)7-8-19(18)25(2)10-9-15-12-22-23-13-15/h3-8,11-13H,9-10H2,1-2H3,(H,22,23)(H,24,26)(H,27,28). The number of hydrogen-bond donors (Lipinski definition) is 3. The smallest absolute Gasteiger partial charge is 0.335 e. The van der Waals surface area contributed by atoms with Crippen LogP contribution in [0.1, 0.15) is 31.8 Å². The summed E-state index contributed by atoms with van der Waals surface area (Å²) in [7, 11) is 1.90. The van der Waals surface area contributed by atoms with Crippen molar-refractivity contribution < 1.29 is 14.7 Å². The van der Waals surface area contributed by atoms with E-state index in [0.29, 0.717) is 17.8 Å². The summed E-state index contributed by atoms with van der Waals surface area (Å²) < 4.78 is 0. The van der Waals surface area contributed by atoms with E-state index in [2.05, 4.69) is 15.5 Å². The molecule has 0 saturated carbocycles. The Bertz CT molecular complexity index is 966. The third-order valence-electron chi connectivity index (χ3n) is 4.51. The van der Waals surface area contributed by atoms with Crippen LogP contribution in [-0.4, -0.2) is 40.8 Å². The van der Waals surface area contributed by atoms with Gasteiger partial charge < -0.3 is 15.3 Å². The Morgan fingerprint density at radius 3 is 2.50 bits per heavy atom. The largest absolute Gasteiger partial charge is 0.478 e. The molecule has 0 aliphatic rings. The molecular formula is C21H22N4O3. The van der Waals surface area contributed by atoms with E-state index >= 15 is 0 Å². The first-order valence-electron chi connectivity index (χ1n) is 8.88. The highest BCUT2D eigenvalue weighted by molar-refractivity contribution is 6.06. The van der Waals surface area contributed by atoms with Gasteiger partial charge in [0.1, 0.15) is 0 Å². The average Bonchev–Trinajstić information content (AvgIpc) is 3.20. The normalized spacial score (nSPS) is 10.5.